The summed E-state index contributed by atoms with van der Waals surface area (Å²) in [5, 5.41) is 0. The van der Waals surface area contributed by atoms with Crippen molar-refractivity contribution in [2.45, 2.75) is 106 Å². The van der Waals surface area contributed by atoms with Crippen LogP contribution in [0.25, 0.3) is 0 Å². The maximum absolute atomic E-state index is 13.2. The maximum atomic E-state index is 13.2. The molecule has 9 unspecified atom stereocenters. The summed E-state index contributed by atoms with van der Waals surface area (Å²) in [6.07, 6.45) is 11.0. The van der Waals surface area contributed by atoms with E-state index in [1.165, 1.54) is 38.5 Å². The van der Waals surface area contributed by atoms with Crippen LogP contribution in [0.4, 0.5) is 0 Å². The normalized spacial score (nSPS) is 45.6. The number of ketones is 2. The molecule has 0 aromatic carbocycles. The second-order valence-electron chi connectivity index (χ2n) is 12.9. The molecule has 0 amide bonds. The number of hydrogen-bond donors (Lipinski definition) is 0. The van der Waals surface area contributed by atoms with Crippen LogP contribution < -0.4 is 0 Å². The van der Waals surface area contributed by atoms with Crippen LogP contribution in [0.15, 0.2) is 0 Å². The molecule has 4 fully saturated rings. The first-order valence-corrected chi connectivity index (χ1v) is 13.1. The monoisotopic (exact) mass is 414 g/mol. The van der Waals surface area contributed by atoms with Crippen LogP contribution >= 0.6 is 0 Å². The molecule has 2 heteroatoms. The Morgan fingerprint density at radius 1 is 0.867 bits per heavy atom. The van der Waals surface area contributed by atoms with E-state index in [0.717, 1.165) is 42.4 Å². The quantitative estimate of drug-likeness (QED) is 0.480. The minimum atomic E-state index is 0.0259. The summed E-state index contributed by atoms with van der Waals surface area (Å²) in [5.41, 5.74) is 0.515. The molecule has 0 spiro atoms. The second-order valence-corrected chi connectivity index (χ2v) is 12.9. The van der Waals surface area contributed by atoms with Crippen molar-refractivity contribution < 1.29 is 9.59 Å². The van der Waals surface area contributed by atoms with Gasteiger partial charge >= 0.3 is 0 Å². The minimum Gasteiger partial charge on any atom is -0.300 e. The van der Waals surface area contributed by atoms with Gasteiger partial charge in [-0.3, -0.25) is 9.59 Å². The fourth-order valence-corrected chi connectivity index (χ4v) is 8.87. The second kappa shape index (κ2) is 8.04. The lowest BCUT2D eigenvalue weighted by molar-refractivity contribution is -0.159. The van der Waals surface area contributed by atoms with Gasteiger partial charge in [0, 0.05) is 25.2 Å². The summed E-state index contributed by atoms with van der Waals surface area (Å²) in [7, 11) is 0. The van der Waals surface area contributed by atoms with E-state index in [4.69, 9.17) is 0 Å². The molecule has 0 aromatic rings. The predicted octanol–water partition coefficient (Wildman–Crippen LogP) is 7.10. The van der Waals surface area contributed by atoms with E-state index in [1.54, 1.807) is 0 Å². The first-order valence-electron chi connectivity index (χ1n) is 13.1. The van der Waals surface area contributed by atoms with Crippen LogP contribution in [0.2, 0.25) is 0 Å². The molecule has 4 rings (SSSR count). The lowest BCUT2D eigenvalue weighted by Gasteiger charge is -2.59. The van der Waals surface area contributed by atoms with Crippen molar-refractivity contribution in [3.8, 4) is 0 Å². The third-order valence-electron chi connectivity index (χ3n) is 11.3. The van der Waals surface area contributed by atoms with Crippen LogP contribution in [0.1, 0.15) is 106 Å². The molecule has 4 aliphatic carbocycles. The smallest absolute Gasteiger partial charge is 0.137 e. The standard InChI is InChI=1S/C28H46O2/c1-17(2)18(3)7-8-19(4)22-9-10-23-21-16-26(30)25-15-20(29)11-13-28(25,6)24(21)12-14-27(22,23)5/h17-19,21-25H,7-16H2,1-6H3. The van der Waals surface area contributed by atoms with Gasteiger partial charge in [0.2, 0.25) is 0 Å². The average molecular weight is 415 g/mol. The van der Waals surface area contributed by atoms with Crippen LogP contribution in [-0.2, 0) is 9.59 Å². The fourth-order valence-electron chi connectivity index (χ4n) is 8.87. The lowest BCUT2D eigenvalue weighted by atomic mass is 9.44. The van der Waals surface area contributed by atoms with Gasteiger partial charge in [-0.05, 0) is 84.4 Å². The Balaban J connectivity index is 1.51. The lowest BCUT2D eigenvalue weighted by Crippen LogP contribution is -2.56. The third-order valence-corrected chi connectivity index (χ3v) is 11.3. The molecule has 170 valence electrons. The first-order chi connectivity index (χ1) is 14.1. The Morgan fingerprint density at radius 2 is 1.57 bits per heavy atom. The molecule has 0 aliphatic heterocycles. The largest absolute Gasteiger partial charge is 0.300 e. The molecule has 0 bridgehead atoms. The van der Waals surface area contributed by atoms with Gasteiger partial charge in [0.15, 0.2) is 0 Å². The van der Waals surface area contributed by atoms with Crippen molar-refractivity contribution in [3.05, 3.63) is 0 Å². The Kier molecular flexibility index (Phi) is 6.04. The molecule has 4 saturated carbocycles. The zero-order valence-electron chi connectivity index (χ0n) is 20.5. The highest BCUT2D eigenvalue weighted by Gasteiger charge is 2.62. The molecule has 4 aliphatic rings. The van der Waals surface area contributed by atoms with Gasteiger partial charge in [-0.25, -0.2) is 0 Å². The number of Topliss-reactive ketones (excluding diaryl/α,β-unsaturated/α-hetero) is 2. The van der Waals surface area contributed by atoms with Crippen LogP contribution in [0.5, 0.6) is 0 Å². The number of carbonyl (C=O) groups is 2. The summed E-state index contributed by atoms with van der Waals surface area (Å²) in [6.45, 7) is 14.6. The number of hydrogen-bond acceptors (Lipinski definition) is 2. The molecule has 0 N–H and O–H groups in total. The van der Waals surface area contributed by atoms with Crippen molar-refractivity contribution in [3.63, 3.8) is 0 Å². The number of rotatable bonds is 5. The van der Waals surface area contributed by atoms with Gasteiger partial charge in [-0.2, -0.15) is 0 Å². The Bertz CT molecular complexity index is 680. The van der Waals surface area contributed by atoms with E-state index < -0.39 is 0 Å². The molecule has 0 radical (unpaired) electrons. The zero-order chi connectivity index (χ0) is 21.8. The van der Waals surface area contributed by atoms with Crippen LogP contribution in [0, 0.1) is 58.2 Å². The van der Waals surface area contributed by atoms with Crippen molar-refractivity contribution >= 4 is 11.6 Å². The molecular formula is C28H46O2. The van der Waals surface area contributed by atoms with Crippen molar-refractivity contribution in [2.24, 2.45) is 58.2 Å². The summed E-state index contributed by atoms with van der Waals surface area (Å²) in [5.74, 6) is 5.99. The van der Waals surface area contributed by atoms with E-state index in [-0.39, 0.29) is 11.3 Å². The molecular weight excluding hydrogens is 368 g/mol. The Hall–Kier alpha value is -0.660. The van der Waals surface area contributed by atoms with Gasteiger partial charge in [0.25, 0.3) is 0 Å². The van der Waals surface area contributed by atoms with Crippen LogP contribution in [0.3, 0.4) is 0 Å². The highest BCUT2D eigenvalue weighted by atomic mass is 16.1. The summed E-state index contributed by atoms with van der Waals surface area (Å²) < 4.78 is 0. The van der Waals surface area contributed by atoms with Crippen molar-refractivity contribution in [2.75, 3.05) is 0 Å². The Morgan fingerprint density at radius 3 is 2.27 bits per heavy atom. The molecule has 2 nitrogen and oxygen atoms in total. The number of fused-ring (bicyclic) bond motifs is 5. The van der Waals surface area contributed by atoms with Gasteiger partial charge in [-0.15, -0.1) is 0 Å². The summed E-state index contributed by atoms with van der Waals surface area (Å²) in [6, 6.07) is 0. The summed E-state index contributed by atoms with van der Waals surface area (Å²) in [4.78, 5) is 25.3. The minimum absolute atomic E-state index is 0.0259. The van der Waals surface area contributed by atoms with Gasteiger partial charge in [0.05, 0.1) is 0 Å². The zero-order valence-corrected chi connectivity index (χ0v) is 20.5. The SMILES string of the molecule is CC(C)C(C)CCC(C)C1CCC2C3CC(=O)C4CC(=O)CCC4(C)C3CCC12C. The average Bonchev–Trinajstić information content (AvgIpc) is 3.04. The highest BCUT2D eigenvalue weighted by molar-refractivity contribution is 5.90. The van der Waals surface area contributed by atoms with Gasteiger partial charge in [0.1, 0.15) is 11.6 Å². The van der Waals surface area contributed by atoms with E-state index in [0.29, 0.717) is 41.7 Å². The first kappa shape index (κ1) is 22.5. The molecule has 9 atom stereocenters. The van der Waals surface area contributed by atoms with Gasteiger partial charge in [-0.1, -0.05) is 54.4 Å². The fraction of sp³-hybridized carbons (Fsp3) is 0.929. The van der Waals surface area contributed by atoms with E-state index in [2.05, 4.69) is 41.5 Å². The molecule has 30 heavy (non-hydrogen) atoms. The molecule has 0 heterocycles. The molecule has 0 aromatic heterocycles. The van der Waals surface area contributed by atoms with Gasteiger partial charge < -0.3 is 0 Å². The predicted molar refractivity (Wildman–Crippen MR) is 123 cm³/mol. The topological polar surface area (TPSA) is 34.1 Å². The summed E-state index contributed by atoms with van der Waals surface area (Å²) >= 11 is 0. The van der Waals surface area contributed by atoms with Crippen LogP contribution in [-0.4, -0.2) is 11.6 Å². The third kappa shape index (κ3) is 3.53. The molecule has 0 saturated heterocycles. The Labute approximate surface area is 185 Å². The van der Waals surface area contributed by atoms with Crippen molar-refractivity contribution in [1.29, 1.82) is 0 Å². The van der Waals surface area contributed by atoms with E-state index in [9.17, 15) is 9.59 Å². The number of carbonyl (C=O) groups excluding carboxylic acids is 2. The van der Waals surface area contributed by atoms with E-state index >= 15 is 0 Å². The maximum Gasteiger partial charge on any atom is 0.137 e. The highest BCUT2D eigenvalue weighted by Crippen LogP contribution is 2.67. The van der Waals surface area contributed by atoms with Crippen molar-refractivity contribution in [1.82, 2.24) is 0 Å². The van der Waals surface area contributed by atoms with E-state index in [1.807, 2.05) is 0 Å².